The van der Waals surface area contributed by atoms with Gasteiger partial charge >= 0.3 is 0 Å². The first-order valence-corrected chi connectivity index (χ1v) is 4.79. The van der Waals surface area contributed by atoms with Crippen LogP contribution in [0.2, 0.25) is 0 Å². The Hall–Kier alpha value is -0.340. The van der Waals surface area contributed by atoms with E-state index in [1.165, 1.54) is 12.8 Å². The van der Waals surface area contributed by atoms with Crippen molar-refractivity contribution in [3.8, 4) is 0 Å². The lowest BCUT2D eigenvalue weighted by molar-refractivity contribution is -0.194. The summed E-state index contributed by atoms with van der Waals surface area (Å²) < 4.78 is 11.0. The first-order chi connectivity index (χ1) is 5.86. The van der Waals surface area contributed by atoms with Crippen LogP contribution >= 0.6 is 0 Å². The van der Waals surface area contributed by atoms with Crippen LogP contribution in [0.25, 0.3) is 0 Å². The molecule has 12 heavy (non-hydrogen) atoms. The summed E-state index contributed by atoms with van der Waals surface area (Å²) in [4.78, 5) is 0. The van der Waals surface area contributed by atoms with Crippen molar-refractivity contribution in [3.05, 3.63) is 11.6 Å². The molecule has 1 unspecified atom stereocenters. The van der Waals surface area contributed by atoms with Crippen molar-refractivity contribution in [2.45, 2.75) is 32.5 Å². The standard InChI is InChI=1S/C10H16O2/c1-8(7-9-3-4-9)10-11-5-2-6-12-10/h7-8,10H,2-6H2,1H3. The Morgan fingerprint density at radius 2 is 2.00 bits per heavy atom. The van der Waals surface area contributed by atoms with Crippen LogP contribution in [0, 0.1) is 5.92 Å². The van der Waals surface area contributed by atoms with Gasteiger partial charge in [-0.15, -0.1) is 0 Å². The van der Waals surface area contributed by atoms with Crippen molar-refractivity contribution >= 4 is 0 Å². The first kappa shape index (κ1) is 8.27. The summed E-state index contributed by atoms with van der Waals surface area (Å²) in [5.41, 5.74) is 1.57. The van der Waals surface area contributed by atoms with Crippen LogP contribution in [0.15, 0.2) is 11.6 Å². The zero-order valence-corrected chi connectivity index (χ0v) is 7.58. The minimum atomic E-state index is 0.0202. The Morgan fingerprint density at radius 1 is 1.33 bits per heavy atom. The second-order valence-corrected chi connectivity index (χ2v) is 3.65. The molecule has 0 aromatic rings. The van der Waals surface area contributed by atoms with E-state index in [-0.39, 0.29) is 6.29 Å². The average Bonchev–Trinajstić information content (AvgIpc) is 2.90. The van der Waals surface area contributed by atoms with Gasteiger partial charge in [0.05, 0.1) is 13.2 Å². The zero-order chi connectivity index (χ0) is 8.39. The van der Waals surface area contributed by atoms with Crippen LogP contribution < -0.4 is 0 Å². The molecule has 2 rings (SSSR count). The van der Waals surface area contributed by atoms with E-state index >= 15 is 0 Å². The van der Waals surface area contributed by atoms with E-state index < -0.39 is 0 Å². The van der Waals surface area contributed by atoms with Gasteiger partial charge < -0.3 is 9.47 Å². The molecule has 0 amide bonds. The highest BCUT2D eigenvalue weighted by atomic mass is 16.7. The van der Waals surface area contributed by atoms with Gasteiger partial charge in [-0.3, -0.25) is 0 Å². The lowest BCUT2D eigenvalue weighted by Crippen LogP contribution is -2.29. The molecule has 2 aliphatic rings. The second kappa shape index (κ2) is 3.58. The molecule has 0 bridgehead atoms. The van der Waals surface area contributed by atoms with E-state index in [2.05, 4.69) is 13.0 Å². The number of hydrogen-bond acceptors (Lipinski definition) is 2. The van der Waals surface area contributed by atoms with Crippen LogP contribution in [0.3, 0.4) is 0 Å². The largest absolute Gasteiger partial charge is 0.352 e. The molecule has 1 aliphatic carbocycles. The summed E-state index contributed by atoms with van der Waals surface area (Å²) in [6.45, 7) is 3.89. The lowest BCUT2D eigenvalue weighted by atomic mass is 10.1. The molecule has 1 aliphatic heterocycles. The summed E-state index contributed by atoms with van der Waals surface area (Å²) in [6, 6.07) is 0. The van der Waals surface area contributed by atoms with Gasteiger partial charge in [-0.2, -0.15) is 0 Å². The molecule has 0 radical (unpaired) electrons. The van der Waals surface area contributed by atoms with Crippen LogP contribution in [0.5, 0.6) is 0 Å². The SMILES string of the molecule is CC(C=C1CC1)C1OCCCO1. The lowest BCUT2D eigenvalue weighted by Gasteiger charge is -2.26. The molecule has 2 nitrogen and oxygen atoms in total. The monoisotopic (exact) mass is 168 g/mol. The Morgan fingerprint density at radius 3 is 2.58 bits per heavy atom. The minimum absolute atomic E-state index is 0.0202. The summed E-state index contributed by atoms with van der Waals surface area (Å²) in [5, 5.41) is 0. The van der Waals surface area contributed by atoms with Gasteiger partial charge in [-0.25, -0.2) is 0 Å². The van der Waals surface area contributed by atoms with Gasteiger partial charge in [-0.1, -0.05) is 18.6 Å². The van der Waals surface area contributed by atoms with Gasteiger partial charge in [0, 0.05) is 5.92 Å². The fourth-order valence-electron chi connectivity index (χ4n) is 1.50. The van der Waals surface area contributed by atoms with Crippen molar-refractivity contribution < 1.29 is 9.47 Å². The number of hydrogen-bond donors (Lipinski definition) is 0. The van der Waals surface area contributed by atoms with Gasteiger partial charge in [0.15, 0.2) is 6.29 Å². The second-order valence-electron chi connectivity index (χ2n) is 3.65. The van der Waals surface area contributed by atoms with Crippen molar-refractivity contribution in [3.63, 3.8) is 0 Å². The van der Waals surface area contributed by atoms with E-state index in [0.29, 0.717) is 5.92 Å². The summed E-state index contributed by atoms with van der Waals surface area (Å²) in [6.07, 6.45) is 5.94. The van der Waals surface area contributed by atoms with Gasteiger partial charge in [0.25, 0.3) is 0 Å². The number of allylic oxidation sites excluding steroid dienone is 1. The predicted molar refractivity (Wildman–Crippen MR) is 46.8 cm³/mol. The van der Waals surface area contributed by atoms with Crippen molar-refractivity contribution in [2.75, 3.05) is 13.2 Å². The summed E-state index contributed by atoms with van der Waals surface area (Å²) >= 11 is 0. The van der Waals surface area contributed by atoms with Crippen LogP contribution in [-0.4, -0.2) is 19.5 Å². The molecular formula is C10H16O2. The van der Waals surface area contributed by atoms with Crippen molar-refractivity contribution in [1.82, 2.24) is 0 Å². The molecule has 0 spiro atoms. The highest BCUT2D eigenvalue weighted by Crippen LogP contribution is 2.30. The molecule has 1 atom stereocenters. The molecule has 1 saturated heterocycles. The predicted octanol–water partition coefficient (Wildman–Crippen LogP) is 2.11. The Balaban J connectivity index is 1.84. The number of rotatable bonds is 2. The fraction of sp³-hybridized carbons (Fsp3) is 0.800. The normalized spacial score (nSPS) is 26.9. The third-order valence-electron chi connectivity index (χ3n) is 2.32. The molecule has 2 fully saturated rings. The molecular weight excluding hydrogens is 152 g/mol. The highest BCUT2D eigenvalue weighted by molar-refractivity contribution is 5.17. The third kappa shape index (κ3) is 2.08. The molecule has 1 heterocycles. The van der Waals surface area contributed by atoms with Crippen molar-refractivity contribution in [1.29, 1.82) is 0 Å². The Labute approximate surface area is 73.5 Å². The van der Waals surface area contributed by atoms with E-state index in [1.54, 1.807) is 5.57 Å². The quantitative estimate of drug-likeness (QED) is 0.588. The molecule has 68 valence electrons. The third-order valence-corrected chi connectivity index (χ3v) is 2.32. The molecule has 0 aromatic heterocycles. The van der Waals surface area contributed by atoms with Crippen LogP contribution in [0.4, 0.5) is 0 Å². The average molecular weight is 168 g/mol. The van der Waals surface area contributed by atoms with Crippen LogP contribution in [0.1, 0.15) is 26.2 Å². The smallest absolute Gasteiger partial charge is 0.163 e. The number of ether oxygens (including phenoxy) is 2. The van der Waals surface area contributed by atoms with E-state index in [9.17, 15) is 0 Å². The molecule has 0 N–H and O–H groups in total. The topological polar surface area (TPSA) is 18.5 Å². The van der Waals surface area contributed by atoms with Gasteiger partial charge in [0.2, 0.25) is 0 Å². The molecule has 0 aromatic carbocycles. The minimum Gasteiger partial charge on any atom is -0.352 e. The van der Waals surface area contributed by atoms with Crippen LogP contribution in [-0.2, 0) is 9.47 Å². The van der Waals surface area contributed by atoms with Gasteiger partial charge in [0.1, 0.15) is 0 Å². The maximum atomic E-state index is 5.50. The molecule has 1 saturated carbocycles. The maximum Gasteiger partial charge on any atom is 0.163 e. The summed E-state index contributed by atoms with van der Waals surface area (Å²) in [5.74, 6) is 0.433. The first-order valence-electron chi connectivity index (χ1n) is 4.79. The molecule has 2 heteroatoms. The van der Waals surface area contributed by atoms with E-state index in [1.807, 2.05) is 0 Å². The zero-order valence-electron chi connectivity index (χ0n) is 7.58. The van der Waals surface area contributed by atoms with E-state index in [0.717, 1.165) is 19.6 Å². The highest BCUT2D eigenvalue weighted by Gasteiger charge is 2.22. The summed E-state index contributed by atoms with van der Waals surface area (Å²) in [7, 11) is 0. The Kier molecular flexibility index (Phi) is 2.47. The maximum absolute atomic E-state index is 5.50. The Bertz CT molecular complexity index is 174. The van der Waals surface area contributed by atoms with Gasteiger partial charge in [-0.05, 0) is 19.3 Å². The fourth-order valence-corrected chi connectivity index (χ4v) is 1.50. The van der Waals surface area contributed by atoms with E-state index in [4.69, 9.17) is 9.47 Å². The van der Waals surface area contributed by atoms with Crippen molar-refractivity contribution in [2.24, 2.45) is 5.92 Å².